The molecule has 0 unspecified atom stereocenters. The van der Waals surface area contributed by atoms with E-state index in [1.807, 2.05) is 10.6 Å². The van der Waals surface area contributed by atoms with Gasteiger partial charge in [-0.1, -0.05) is 0 Å². The zero-order valence-electron chi connectivity index (χ0n) is 11.5. The van der Waals surface area contributed by atoms with Crippen molar-refractivity contribution in [3.8, 4) is 6.07 Å². The number of rotatable bonds is 5. The molecule has 0 atom stereocenters. The second-order valence-corrected chi connectivity index (χ2v) is 5.46. The fourth-order valence-corrected chi connectivity index (χ4v) is 2.58. The Bertz CT molecular complexity index is 727. The number of carbonyl (C=O) groups excluding carboxylic acids is 1. The number of benzene rings is 1. The molecule has 5 nitrogen and oxygen atoms in total. The van der Waals surface area contributed by atoms with Gasteiger partial charge in [0.25, 0.3) is 0 Å². The minimum Gasteiger partial charge on any atom is -0.354 e. The number of fused-ring (bicyclic) bond motifs is 1. The number of nitrogens with one attached hydrogen (secondary N) is 1. The lowest BCUT2D eigenvalue weighted by atomic mass is 10.2. The van der Waals surface area contributed by atoms with Crippen LogP contribution in [0.1, 0.15) is 24.2 Å². The minimum absolute atomic E-state index is 0.129. The largest absolute Gasteiger partial charge is 0.354 e. The number of hydrogen-bond acceptors (Lipinski definition) is 3. The first kappa shape index (κ1) is 13.9. The van der Waals surface area contributed by atoms with Gasteiger partial charge in [0, 0.05) is 19.0 Å². The van der Waals surface area contributed by atoms with Crippen molar-refractivity contribution in [1.82, 2.24) is 14.9 Å². The van der Waals surface area contributed by atoms with E-state index in [-0.39, 0.29) is 11.8 Å². The highest BCUT2D eigenvalue weighted by Gasteiger charge is 2.29. The molecule has 1 aromatic heterocycles. The van der Waals surface area contributed by atoms with Crippen LogP contribution in [0.4, 0.5) is 0 Å². The highest BCUT2D eigenvalue weighted by Crippen LogP contribution is 2.28. The molecule has 1 N–H and O–H groups in total. The van der Waals surface area contributed by atoms with Crippen LogP contribution in [0.3, 0.4) is 0 Å². The van der Waals surface area contributed by atoms with E-state index >= 15 is 0 Å². The molecule has 0 saturated heterocycles. The van der Waals surface area contributed by atoms with Gasteiger partial charge < -0.3 is 9.88 Å². The maximum Gasteiger partial charge on any atom is 0.223 e. The van der Waals surface area contributed by atoms with Crippen molar-refractivity contribution < 1.29 is 4.79 Å². The van der Waals surface area contributed by atoms with Gasteiger partial charge in [-0.05, 0) is 31.0 Å². The Morgan fingerprint density at radius 2 is 2.33 bits per heavy atom. The first-order chi connectivity index (χ1) is 10.2. The SMILES string of the molecule is N#Cc1ccc2nc(CCl)n(CCNC(=O)C3CC3)c2c1. The van der Waals surface area contributed by atoms with Crippen LogP contribution in [-0.4, -0.2) is 22.0 Å². The number of amides is 1. The van der Waals surface area contributed by atoms with Gasteiger partial charge in [0.2, 0.25) is 5.91 Å². The quantitative estimate of drug-likeness (QED) is 0.861. The van der Waals surface area contributed by atoms with Gasteiger partial charge in [0.05, 0.1) is 28.5 Å². The minimum atomic E-state index is 0.129. The van der Waals surface area contributed by atoms with Gasteiger partial charge >= 0.3 is 0 Å². The zero-order chi connectivity index (χ0) is 14.8. The number of imidazole rings is 1. The number of halogens is 1. The molecule has 0 aliphatic heterocycles. The summed E-state index contributed by atoms with van der Waals surface area (Å²) in [6, 6.07) is 7.50. The average Bonchev–Trinajstić information content (AvgIpc) is 3.30. The van der Waals surface area contributed by atoms with E-state index in [0.29, 0.717) is 24.5 Å². The molecule has 6 heteroatoms. The molecule has 0 radical (unpaired) electrons. The van der Waals surface area contributed by atoms with Gasteiger partial charge in [-0.25, -0.2) is 4.98 Å². The summed E-state index contributed by atoms with van der Waals surface area (Å²) in [5, 5.41) is 11.9. The molecule has 1 fully saturated rings. The van der Waals surface area contributed by atoms with Crippen LogP contribution in [0.2, 0.25) is 0 Å². The molecule has 1 aliphatic rings. The molecular formula is C15H15ClN4O. The maximum atomic E-state index is 11.6. The van der Waals surface area contributed by atoms with Crippen LogP contribution in [-0.2, 0) is 17.2 Å². The van der Waals surface area contributed by atoms with Gasteiger partial charge in [0.15, 0.2) is 0 Å². The first-order valence-electron chi connectivity index (χ1n) is 6.96. The lowest BCUT2D eigenvalue weighted by Gasteiger charge is -2.09. The molecule has 0 bridgehead atoms. The van der Waals surface area contributed by atoms with Crippen molar-refractivity contribution in [2.24, 2.45) is 5.92 Å². The zero-order valence-corrected chi connectivity index (χ0v) is 12.2. The van der Waals surface area contributed by atoms with Crippen LogP contribution in [0.15, 0.2) is 18.2 Å². The highest BCUT2D eigenvalue weighted by molar-refractivity contribution is 6.16. The van der Waals surface area contributed by atoms with Gasteiger partial charge in [-0.15, -0.1) is 11.6 Å². The van der Waals surface area contributed by atoms with E-state index in [1.165, 1.54) is 0 Å². The summed E-state index contributed by atoms with van der Waals surface area (Å²) in [7, 11) is 0. The Labute approximate surface area is 127 Å². The Hall–Kier alpha value is -2.06. The van der Waals surface area contributed by atoms with Crippen LogP contribution >= 0.6 is 11.6 Å². The number of aromatic nitrogens is 2. The van der Waals surface area contributed by atoms with E-state index < -0.39 is 0 Å². The Kier molecular flexibility index (Phi) is 3.80. The van der Waals surface area contributed by atoms with Crippen molar-refractivity contribution in [3.63, 3.8) is 0 Å². The third kappa shape index (κ3) is 2.86. The molecule has 0 spiro atoms. The standard InChI is InChI=1S/C15H15ClN4O/c16-8-14-19-12-4-1-10(9-17)7-13(12)20(14)6-5-18-15(21)11-2-3-11/h1,4,7,11H,2-3,5-6,8H2,(H,18,21). The third-order valence-corrected chi connectivity index (χ3v) is 3.90. The van der Waals surface area contributed by atoms with Crippen molar-refractivity contribution in [2.75, 3.05) is 6.54 Å². The van der Waals surface area contributed by atoms with Crippen molar-refractivity contribution in [3.05, 3.63) is 29.6 Å². The van der Waals surface area contributed by atoms with Crippen molar-refractivity contribution in [1.29, 1.82) is 5.26 Å². The third-order valence-electron chi connectivity index (χ3n) is 3.66. The van der Waals surface area contributed by atoms with E-state index in [4.69, 9.17) is 16.9 Å². The Morgan fingerprint density at radius 1 is 1.52 bits per heavy atom. The topological polar surface area (TPSA) is 70.7 Å². The number of carbonyl (C=O) groups is 1. The predicted octanol–water partition coefficient (Wildman–Crippen LogP) is 2.17. The molecular weight excluding hydrogens is 288 g/mol. The van der Waals surface area contributed by atoms with Gasteiger partial charge in [-0.3, -0.25) is 4.79 Å². The van der Waals surface area contributed by atoms with Crippen LogP contribution in [0.5, 0.6) is 0 Å². The smallest absolute Gasteiger partial charge is 0.223 e. The number of hydrogen-bond donors (Lipinski definition) is 1. The summed E-state index contributed by atoms with van der Waals surface area (Å²) in [5.41, 5.74) is 2.29. The molecule has 1 heterocycles. The molecule has 2 aromatic rings. The highest BCUT2D eigenvalue weighted by atomic mass is 35.5. The summed E-state index contributed by atoms with van der Waals surface area (Å²) < 4.78 is 1.97. The van der Waals surface area contributed by atoms with Gasteiger partial charge in [0.1, 0.15) is 5.82 Å². The molecule has 108 valence electrons. The number of alkyl halides is 1. The fraction of sp³-hybridized carbons (Fsp3) is 0.400. The number of nitrogens with zero attached hydrogens (tertiary/aromatic N) is 3. The second-order valence-electron chi connectivity index (χ2n) is 5.19. The van der Waals surface area contributed by atoms with Crippen LogP contribution in [0, 0.1) is 17.2 Å². The number of nitriles is 1. The summed E-state index contributed by atoms with van der Waals surface area (Å²) in [4.78, 5) is 16.1. The van der Waals surface area contributed by atoms with E-state index in [2.05, 4.69) is 16.4 Å². The second kappa shape index (κ2) is 5.74. The summed E-state index contributed by atoms with van der Waals surface area (Å²) >= 11 is 5.94. The molecule has 3 rings (SSSR count). The van der Waals surface area contributed by atoms with E-state index in [1.54, 1.807) is 12.1 Å². The van der Waals surface area contributed by atoms with Crippen molar-refractivity contribution in [2.45, 2.75) is 25.3 Å². The molecule has 1 saturated carbocycles. The summed E-state index contributed by atoms with van der Waals surface area (Å²) in [6.07, 6.45) is 2.00. The first-order valence-corrected chi connectivity index (χ1v) is 7.49. The molecule has 1 amide bonds. The normalized spacial score (nSPS) is 14.1. The molecule has 1 aromatic carbocycles. The fourth-order valence-electron chi connectivity index (χ4n) is 2.37. The summed E-state index contributed by atoms with van der Waals surface area (Å²) in [6.45, 7) is 1.15. The maximum absolute atomic E-state index is 11.6. The van der Waals surface area contributed by atoms with Crippen molar-refractivity contribution >= 4 is 28.5 Å². The lowest BCUT2D eigenvalue weighted by Crippen LogP contribution is -2.28. The van der Waals surface area contributed by atoms with E-state index in [9.17, 15) is 4.79 Å². The monoisotopic (exact) mass is 302 g/mol. The van der Waals surface area contributed by atoms with E-state index in [0.717, 1.165) is 29.7 Å². The van der Waals surface area contributed by atoms with Gasteiger partial charge in [-0.2, -0.15) is 5.26 Å². The summed E-state index contributed by atoms with van der Waals surface area (Å²) in [5.74, 6) is 1.39. The predicted molar refractivity (Wildman–Crippen MR) is 79.7 cm³/mol. The Morgan fingerprint density at radius 3 is 3.00 bits per heavy atom. The van der Waals surface area contributed by atoms with Crippen LogP contribution < -0.4 is 5.32 Å². The van der Waals surface area contributed by atoms with Crippen LogP contribution in [0.25, 0.3) is 11.0 Å². The average molecular weight is 303 g/mol. The molecule has 21 heavy (non-hydrogen) atoms. The Balaban J connectivity index is 1.81. The lowest BCUT2D eigenvalue weighted by molar-refractivity contribution is -0.122. The molecule has 1 aliphatic carbocycles.